The number of oxazole rings is 1. The maximum Gasteiger partial charge on any atom is 0.277 e. The van der Waals surface area contributed by atoms with Gasteiger partial charge in [0.2, 0.25) is 17.5 Å². The van der Waals surface area contributed by atoms with Crippen molar-refractivity contribution in [1.82, 2.24) is 9.55 Å². The van der Waals surface area contributed by atoms with E-state index in [4.69, 9.17) is 4.42 Å². The van der Waals surface area contributed by atoms with Crippen LogP contribution >= 0.6 is 0 Å². The number of nitriles is 1. The zero-order valence-electron chi connectivity index (χ0n) is 17.8. The molecule has 7 nitrogen and oxygen atoms in total. The predicted octanol–water partition coefficient (Wildman–Crippen LogP) is 6.65. The van der Waals surface area contributed by atoms with Crippen LogP contribution in [0.15, 0.2) is 93.5 Å². The van der Waals surface area contributed by atoms with E-state index in [1.165, 1.54) is 0 Å². The summed E-state index contributed by atoms with van der Waals surface area (Å²) >= 11 is 0. The molecule has 0 aliphatic carbocycles. The molecule has 7 heteroatoms. The number of rotatable bonds is 5. The second-order valence-electron chi connectivity index (χ2n) is 7.61. The molecule has 160 valence electrons. The quantitative estimate of drug-likeness (QED) is 0.314. The number of hydrogen-bond acceptors (Lipinski definition) is 6. The van der Waals surface area contributed by atoms with Gasteiger partial charge in [0, 0.05) is 10.9 Å². The van der Waals surface area contributed by atoms with Gasteiger partial charge in [0.15, 0.2) is 5.69 Å². The van der Waals surface area contributed by atoms with Crippen LogP contribution in [0.2, 0.25) is 0 Å². The molecule has 2 aromatic heterocycles. The van der Waals surface area contributed by atoms with Crippen molar-refractivity contribution in [2.24, 2.45) is 10.2 Å². The van der Waals surface area contributed by atoms with Crippen LogP contribution in [0, 0.1) is 18.3 Å². The van der Waals surface area contributed by atoms with Crippen molar-refractivity contribution in [1.29, 1.82) is 5.26 Å². The average molecular weight is 433 g/mol. The number of nitrogens with zero attached hydrogens (tertiary/aromatic N) is 5. The van der Waals surface area contributed by atoms with Crippen molar-refractivity contribution >= 4 is 22.5 Å². The summed E-state index contributed by atoms with van der Waals surface area (Å²) in [7, 11) is 0. The molecule has 0 saturated carbocycles. The number of benzene rings is 3. The lowest BCUT2D eigenvalue weighted by molar-refractivity contribution is 0.429. The summed E-state index contributed by atoms with van der Waals surface area (Å²) in [4.78, 5) is 4.24. The van der Waals surface area contributed by atoms with Crippen LogP contribution in [0.1, 0.15) is 16.8 Å². The van der Waals surface area contributed by atoms with Gasteiger partial charge in [-0.15, -0.1) is 10.2 Å². The fourth-order valence-electron chi connectivity index (χ4n) is 3.66. The van der Waals surface area contributed by atoms with Crippen molar-refractivity contribution in [2.75, 3.05) is 0 Å². The number of fused-ring (bicyclic) bond motifs is 1. The van der Waals surface area contributed by atoms with Crippen molar-refractivity contribution in [3.05, 3.63) is 95.7 Å². The smallest absolute Gasteiger partial charge is 0.277 e. The summed E-state index contributed by atoms with van der Waals surface area (Å²) < 4.78 is 7.51. The van der Waals surface area contributed by atoms with Gasteiger partial charge in [0.05, 0.1) is 12.1 Å². The SMILES string of the molecule is Cc1ccc(-c2nc(C#N)c(N=Nc3c(O)n(Cc4ccccc4)c4ccccc34)o2)cc1. The van der Waals surface area contributed by atoms with Gasteiger partial charge in [-0.3, -0.25) is 0 Å². The number of aryl methyl sites for hydroxylation is 1. The minimum absolute atomic E-state index is 0.00707. The Labute approximate surface area is 189 Å². The first kappa shape index (κ1) is 20.2. The van der Waals surface area contributed by atoms with Gasteiger partial charge >= 0.3 is 0 Å². The summed E-state index contributed by atoms with van der Waals surface area (Å²) in [6.45, 7) is 2.46. The molecule has 5 rings (SSSR count). The molecule has 0 amide bonds. The summed E-state index contributed by atoms with van der Waals surface area (Å²) in [5.41, 5.74) is 4.04. The summed E-state index contributed by atoms with van der Waals surface area (Å²) in [6.07, 6.45) is 0. The van der Waals surface area contributed by atoms with Gasteiger partial charge in [0.1, 0.15) is 6.07 Å². The summed E-state index contributed by atoms with van der Waals surface area (Å²) in [5.74, 6) is 0.268. The maximum absolute atomic E-state index is 11.0. The second-order valence-corrected chi connectivity index (χ2v) is 7.61. The van der Waals surface area contributed by atoms with E-state index >= 15 is 0 Å². The molecule has 3 aromatic carbocycles. The van der Waals surface area contributed by atoms with Crippen LogP contribution in [-0.4, -0.2) is 14.7 Å². The van der Waals surface area contributed by atoms with Crippen LogP contribution in [0.25, 0.3) is 22.4 Å². The van der Waals surface area contributed by atoms with Gasteiger partial charge in [-0.25, -0.2) is 0 Å². The fourth-order valence-corrected chi connectivity index (χ4v) is 3.66. The Hall–Kier alpha value is -4.70. The largest absolute Gasteiger partial charge is 0.493 e. The number of azo groups is 1. The van der Waals surface area contributed by atoms with Gasteiger partial charge in [-0.05, 0) is 30.7 Å². The highest BCUT2D eigenvalue weighted by Crippen LogP contribution is 2.40. The minimum atomic E-state index is -0.0133. The molecular weight excluding hydrogens is 414 g/mol. The van der Waals surface area contributed by atoms with Crippen molar-refractivity contribution in [3.63, 3.8) is 0 Å². The standard InChI is InChI=1S/C26H19N5O2/c1-17-11-13-19(14-12-17)24-28-21(15-27)25(33-24)30-29-23-20-9-5-6-10-22(20)31(26(23)32)16-18-7-3-2-4-8-18/h2-14,32H,16H2,1H3. The van der Waals surface area contributed by atoms with Crippen LogP contribution in [0.3, 0.4) is 0 Å². The first-order valence-corrected chi connectivity index (χ1v) is 10.4. The molecule has 0 aliphatic heterocycles. The molecule has 2 heterocycles. The molecule has 0 bridgehead atoms. The number of aromatic hydroxyl groups is 1. The Morgan fingerprint density at radius 3 is 2.45 bits per heavy atom. The Bertz CT molecular complexity index is 1510. The highest BCUT2D eigenvalue weighted by atomic mass is 16.4. The first-order valence-electron chi connectivity index (χ1n) is 10.4. The van der Waals surface area contributed by atoms with E-state index in [1.807, 2.05) is 91.9 Å². The molecule has 0 saturated heterocycles. The Balaban J connectivity index is 1.55. The monoisotopic (exact) mass is 433 g/mol. The second kappa shape index (κ2) is 8.44. The topological polar surface area (TPSA) is 99.7 Å². The maximum atomic E-state index is 11.0. The van der Waals surface area contributed by atoms with E-state index < -0.39 is 0 Å². The van der Waals surface area contributed by atoms with Crippen LogP contribution in [0.5, 0.6) is 5.88 Å². The summed E-state index contributed by atoms with van der Waals surface area (Å²) in [5, 5.41) is 29.6. The van der Waals surface area contributed by atoms with Gasteiger partial charge in [0.25, 0.3) is 5.88 Å². The normalized spacial score (nSPS) is 11.3. The van der Waals surface area contributed by atoms with Crippen LogP contribution in [0.4, 0.5) is 11.6 Å². The third-order valence-corrected chi connectivity index (χ3v) is 5.36. The van der Waals surface area contributed by atoms with E-state index in [9.17, 15) is 10.4 Å². The number of para-hydroxylation sites is 1. The van der Waals surface area contributed by atoms with Crippen molar-refractivity contribution in [3.8, 4) is 23.4 Å². The van der Waals surface area contributed by atoms with E-state index in [0.29, 0.717) is 12.2 Å². The van der Waals surface area contributed by atoms with E-state index in [0.717, 1.165) is 27.6 Å². The summed E-state index contributed by atoms with van der Waals surface area (Å²) in [6, 6.07) is 27.0. The molecule has 33 heavy (non-hydrogen) atoms. The lowest BCUT2D eigenvalue weighted by Gasteiger charge is -2.06. The molecule has 0 fully saturated rings. The molecule has 1 N–H and O–H groups in total. The molecule has 0 aliphatic rings. The number of aromatic nitrogens is 2. The highest BCUT2D eigenvalue weighted by molar-refractivity contribution is 5.95. The van der Waals surface area contributed by atoms with Crippen LogP contribution < -0.4 is 0 Å². The Morgan fingerprint density at radius 1 is 0.970 bits per heavy atom. The molecular formula is C26H19N5O2. The van der Waals surface area contributed by atoms with Gasteiger partial charge in [-0.1, -0.05) is 66.2 Å². The van der Waals surface area contributed by atoms with E-state index in [2.05, 4.69) is 15.2 Å². The highest BCUT2D eigenvalue weighted by Gasteiger charge is 2.18. The zero-order chi connectivity index (χ0) is 22.8. The third kappa shape index (κ3) is 3.86. The zero-order valence-corrected chi connectivity index (χ0v) is 17.8. The van der Waals surface area contributed by atoms with Gasteiger partial charge in [-0.2, -0.15) is 10.2 Å². The van der Waals surface area contributed by atoms with E-state index in [1.54, 1.807) is 4.57 Å². The van der Waals surface area contributed by atoms with Gasteiger partial charge < -0.3 is 14.1 Å². The predicted molar refractivity (Wildman–Crippen MR) is 125 cm³/mol. The van der Waals surface area contributed by atoms with E-state index in [-0.39, 0.29) is 23.3 Å². The lowest BCUT2D eigenvalue weighted by Crippen LogP contribution is -1.98. The molecule has 5 aromatic rings. The molecule has 0 radical (unpaired) electrons. The third-order valence-electron chi connectivity index (χ3n) is 5.36. The average Bonchev–Trinajstić information content (AvgIpc) is 3.38. The van der Waals surface area contributed by atoms with Crippen LogP contribution in [-0.2, 0) is 6.54 Å². The molecule has 0 unspecified atom stereocenters. The fraction of sp³-hybridized carbons (Fsp3) is 0.0769. The minimum Gasteiger partial charge on any atom is -0.493 e. The van der Waals surface area contributed by atoms with Crippen molar-refractivity contribution < 1.29 is 9.52 Å². The number of hydrogen-bond donors (Lipinski definition) is 1. The molecule has 0 spiro atoms. The first-order chi connectivity index (χ1) is 16.1. The Kier molecular flexibility index (Phi) is 5.17. The lowest BCUT2D eigenvalue weighted by atomic mass is 10.1. The van der Waals surface area contributed by atoms with Crippen molar-refractivity contribution in [2.45, 2.75) is 13.5 Å². The molecule has 0 atom stereocenters. The Morgan fingerprint density at radius 2 is 1.70 bits per heavy atom.